The van der Waals surface area contributed by atoms with Crippen molar-refractivity contribution in [1.29, 1.82) is 0 Å². The number of guanidine groups is 1. The van der Waals surface area contributed by atoms with Crippen LogP contribution in [0.2, 0.25) is 0 Å². The van der Waals surface area contributed by atoms with E-state index in [0.717, 1.165) is 10.6 Å². The second-order valence-electron chi connectivity index (χ2n) is 15.4. The Morgan fingerprint density at radius 1 is 0.982 bits per heavy atom. The summed E-state index contributed by atoms with van der Waals surface area (Å²) in [5.74, 6) is -5.48. The highest BCUT2D eigenvalue weighted by Crippen LogP contribution is 2.22. The third kappa shape index (κ3) is 15.1. The Morgan fingerprint density at radius 2 is 1.67 bits per heavy atom. The van der Waals surface area contributed by atoms with Crippen molar-refractivity contribution >= 4 is 53.2 Å². The van der Waals surface area contributed by atoms with Gasteiger partial charge in [0, 0.05) is 58.5 Å². The number of likely N-dealkylation sites (N-methyl/N-ethyl adjacent to an activating group) is 1. The summed E-state index contributed by atoms with van der Waals surface area (Å²) in [6, 6.07) is -4.35. The van der Waals surface area contributed by atoms with Crippen molar-refractivity contribution in [1.82, 2.24) is 41.3 Å². The van der Waals surface area contributed by atoms with Crippen LogP contribution in [0.15, 0.2) is 16.9 Å². The van der Waals surface area contributed by atoms with Gasteiger partial charge in [-0.15, -0.1) is 0 Å². The molecule has 21 nitrogen and oxygen atoms in total. The molecule has 21 heteroatoms. The molecule has 2 rings (SSSR count). The third-order valence-electron chi connectivity index (χ3n) is 9.70. The Labute approximate surface area is 333 Å². The molecule has 0 aromatic carbocycles. The van der Waals surface area contributed by atoms with Crippen molar-refractivity contribution in [3.63, 3.8) is 0 Å². The van der Waals surface area contributed by atoms with Gasteiger partial charge in [0.05, 0.1) is 13.2 Å². The maximum absolute atomic E-state index is 13.7. The van der Waals surface area contributed by atoms with Crippen LogP contribution in [0.1, 0.15) is 79.1 Å². The van der Waals surface area contributed by atoms with E-state index in [1.54, 1.807) is 0 Å². The first-order chi connectivity index (χ1) is 26.6. The molecule has 2 aliphatic rings. The number of nitrogens with one attached hydrogen (secondary N) is 5. The highest BCUT2D eigenvalue weighted by molar-refractivity contribution is 6.05. The van der Waals surface area contributed by atoms with Crippen molar-refractivity contribution in [2.45, 2.75) is 103 Å². The Morgan fingerprint density at radius 3 is 2.25 bits per heavy atom. The predicted molar refractivity (Wildman–Crippen MR) is 210 cm³/mol. The molecule has 0 aliphatic carbocycles. The molecule has 0 radical (unpaired) electrons. The SMILES string of the molecule is CC(C)CC(NC(=O)C(CCCN=C(N)N)NC(=O)[C@@H]1CCCN1C(=O)CNC(=O)C(CCC(N)=O)N(C)C(=O)C(C)(C)C(=O)NCCC1=CN(C)CN1)C(N)=O. The second-order valence-corrected chi connectivity index (χ2v) is 15.4. The Balaban J connectivity index is 2.12. The van der Waals surface area contributed by atoms with Gasteiger partial charge in [-0.1, -0.05) is 13.8 Å². The van der Waals surface area contributed by atoms with Gasteiger partial charge in [-0.05, 0) is 58.3 Å². The van der Waals surface area contributed by atoms with E-state index in [2.05, 4.69) is 31.6 Å². The molecule has 0 aromatic rings. The fourth-order valence-corrected chi connectivity index (χ4v) is 6.48. The van der Waals surface area contributed by atoms with Gasteiger partial charge in [-0.25, -0.2) is 0 Å². The zero-order valence-corrected chi connectivity index (χ0v) is 34.0. The molecule has 57 heavy (non-hydrogen) atoms. The zero-order chi connectivity index (χ0) is 43.0. The molecule has 4 atom stereocenters. The lowest BCUT2D eigenvalue weighted by Gasteiger charge is -2.33. The molecule has 2 aliphatic heterocycles. The van der Waals surface area contributed by atoms with Gasteiger partial charge in [0.25, 0.3) is 0 Å². The normalized spacial score (nSPS) is 16.7. The molecule has 0 bridgehead atoms. The Kier molecular flexibility index (Phi) is 18.5. The van der Waals surface area contributed by atoms with E-state index in [-0.39, 0.29) is 63.6 Å². The highest BCUT2D eigenvalue weighted by atomic mass is 16.2. The number of primary amides is 2. The number of aliphatic imine (C=N–C) groups is 1. The lowest BCUT2D eigenvalue weighted by Crippen LogP contribution is -2.57. The molecule has 0 aromatic heterocycles. The summed E-state index contributed by atoms with van der Waals surface area (Å²) in [7, 11) is 3.23. The van der Waals surface area contributed by atoms with Crippen molar-refractivity contribution in [3.05, 3.63) is 11.9 Å². The minimum absolute atomic E-state index is 0.0317. The first-order valence-electron chi connectivity index (χ1n) is 19.2. The summed E-state index contributed by atoms with van der Waals surface area (Å²) in [6.07, 6.45) is 3.38. The van der Waals surface area contributed by atoms with Gasteiger partial charge in [-0.2, -0.15) is 0 Å². The largest absolute Gasteiger partial charge is 0.370 e. The molecule has 0 spiro atoms. The predicted octanol–water partition coefficient (Wildman–Crippen LogP) is -3.39. The number of rotatable bonds is 23. The van der Waals surface area contributed by atoms with Crippen molar-refractivity contribution in [3.8, 4) is 0 Å². The zero-order valence-electron chi connectivity index (χ0n) is 34.0. The van der Waals surface area contributed by atoms with Crippen LogP contribution in [-0.4, -0.2) is 139 Å². The lowest BCUT2D eigenvalue weighted by atomic mass is 9.89. The van der Waals surface area contributed by atoms with E-state index in [1.807, 2.05) is 32.0 Å². The fraction of sp³-hybridized carbons (Fsp3) is 0.694. The quantitative estimate of drug-likeness (QED) is 0.0211. The van der Waals surface area contributed by atoms with Crippen molar-refractivity contribution < 1.29 is 38.4 Å². The molecule has 2 heterocycles. The average Bonchev–Trinajstić information content (AvgIpc) is 3.79. The first-order valence-corrected chi connectivity index (χ1v) is 19.2. The van der Waals surface area contributed by atoms with E-state index in [4.69, 9.17) is 22.9 Å². The van der Waals surface area contributed by atoms with E-state index in [0.29, 0.717) is 25.9 Å². The lowest BCUT2D eigenvalue weighted by molar-refractivity contribution is -0.152. The average molecular weight is 806 g/mol. The minimum atomic E-state index is -1.60. The van der Waals surface area contributed by atoms with Crippen molar-refractivity contribution in [2.75, 3.05) is 46.9 Å². The number of likely N-dealkylation sites (tertiary alicyclic amines) is 1. The third-order valence-corrected chi connectivity index (χ3v) is 9.70. The van der Waals surface area contributed by atoms with E-state index in [1.165, 1.54) is 25.8 Å². The van der Waals surface area contributed by atoms with Crippen LogP contribution in [0.25, 0.3) is 0 Å². The molecule has 320 valence electrons. The van der Waals surface area contributed by atoms with Crippen LogP contribution in [0.4, 0.5) is 0 Å². The van der Waals surface area contributed by atoms with Crippen LogP contribution in [0, 0.1) is 11.3 Å². The summed E-state index contributed by atoms with van der Waals surface area (Å²) in [4.78, 5) is 113. The number of nitrogens with two attached hydrogens (primary N) is 4. The van der Waals surface area contributed by atoms with Crippen LogP contribution < -0.4 is 49.5 Å². The van der Waals surface area contributed by atoms with Gasteiger partial charge < -0.3 is 64.2 Å². The number of hydrogen-bond donors (Lipinski definition) is 9. The number of carbonyl (C=O) groups is 8. The minimum Gasteiger partial charge on any atom is -0.370 e. The van der Waals surface area contributed by atoms with Gasteiger partial charge >= 0.3 is 0 Å². The second kappa shape index (κ2) is 22.2. The first kappa shape index (κ1) is 47.5. The Bertz CT molecular complexity index is 1550. The Hall–Kier alpha value is -5.63. The number of carbonyl (C=O) groups excluding carboxylic acids is 8. The van der Waals surface area contributed by atoms with Crippen LogP contribution >= 0.6 is 0 Å². The van der Waals surface area contributed by atoms with E-state index < -0.39 is 83.4 Å². The summed E-state index contributed by atoms with van der Waals surface area (Å²) < 4.78 is 0. The molecule has 3 unspecified atom stereocenters. The van der Waals surface area contributed by atoms with Gasteiger partial charge in [0.2, 0.25) is 47.3 Å². The molecule has 0 saturated carbocycles. The maximum atomic E-state index is 13.7. The summed E-state index contributed by atoms with van der Waals surface area (Å²) in [5, 5.41) is 13.8. The fourth-order valence-electron chi connectivity index (χ4n) is 6.48. The molecular weight excluding hydrogens is 742 g/mol. The van der Waals surface area contributed by atoms with E-state index in [9.17, 15) is 38.4 Å². The monoisotopic (exact) mass is 805 g/mol. The number of amides is 8. The number of hydrogen-bond acceptors (Lipinski definition) is 11. The summed E-state index contributed by atoms with van der Waals surface area (Å²) in [6.45, 7) is 7.27. The summed E-state index contributed by atoms with van der Waals surface area (Å²) >= 11 is 0. The smallest absolute Gasteiger partial charge is 0.243 e. The van der Waals surface area contributed by atoms with Gasteiger partial charge in [0.15, 0.2) is 5.96 Å². The highest BCUT2D eigenvalue weighted by Gasteiger charge is 2.42. The van der Waals surface area contributed by atoms with E-state index >= 15 is 0 Å². The molecular formula is C36H63N13O8. The van der Waals surface area contributed by atoms with Crippen LogP contribution in [0.3, 0.4) is 0 Å². The van der Waals surface area contributed by atoms with Gasteiger partial charge in [0.1, 0.15) is 29.6 Å². The maximum Gasteiger partial charge on any atom is 0.243 e. The molecule has 1 fully saturated rings. The molecule has 1 saturated heterocycles. The topological polar surface area (TPSA) is 323 Å². The molecule has 8 amide bonds. The summed E-state index contributed by atoms with van der Waals surface area (Å²) in [5.41, 5.74) is 21.0. The van der Waals surface area contributed by atoms with Gasteiger partial charge in [-0.3, -0.25) is 43.3 Å². The van der Waals surface area contributed by atoms with Crippen LogP contribution in [-0.2, 0) is 38.4 Å². The number of nitrogens with zero attached hydrogens (tertiary/aromatic N) is 4. The standard InChI is InChI=1S/C36H63N13O8/c1-21(2)17-24(29(38)52)46-30(53)23(9-7-14-42-35(39)40)45-32(55)26-10-8-16-49(26)28(51)18-43-31(54)25(11-12-27(37)50)48(6)34(57)36(3,4)33(56)41-15-13-22-19-47(5)20-44-22/h19,21,23-26,44H,7-18,20H2,1-6H3,(H2,37,50)(H2,38,52)(H,41,56)(H,43,54)(H,45,55)(H,46,53)(H4,39,40,42)/t23?,24?,25?,26-/m0/s1. The molecule has 13 N–H and O–H groups in total. The van der Waals surface area contributed by atoms with Crippen molar-refractivity contribution in [2.24, 2.45) is 39.3 Å². The van der Waals surface area contributed by atoms with Crippen LogP contribution in [0.5, 0.6) is 0 Å².